The van der Waals surface area contributed by atoms with E-state index in [1.165, 1.54) is 6.08 Å². The number of thiophene rings is 1. The number of hydrogen-bond donors (Lipinski definition) is 2. The van der Waals surface area contributed by atoms with Crippen molar-refractivity contribution in [1.82, 2.24) is 14.9 Å². The number of ether oxygens (including phenoxy) is 1. The first-order valence-electron chi connectivity index (χ1n) is 8.32. The van der Waals surface area contributed by atoms with E-state index in [4.69, 9.17) is 4.74 Å². The maximum absolute atomic E-state index is 12.5. The van der Waals surface area contributed by atoms with Gasteiger partial charge in [-0.05, 0) is 40.3 Å². The van der Waals surface area contributed by atoms with Crippen molar-refractivity contribution in [1.29, 1.82) is 0 Å². The summed E-state index contributed by atoms with van der Waals surface area (Å²) in [4.78, 5) is 34.7. The summed E-state index contributed by atoms with van der Waals surface area (Å²) in [6.45, 7) is 11.2. The van der Waals surface area contributed by atoms with Crippen LogP contribution in [0.15, 0.2) is 17.4 Å². The highest BCUT2D eigenvalue weighted by Crippen LogP contribution is 2.28. The van der Waals surface area contributed by atoms with E-state index in [-0.39, 0.29) is 11.7 Å². The summed E-state index contributed by atoms with van der Waals surface area (Å²) in [5.74, 6) is 0.0236. The highest BCUT2D eigenvalue weighted by Gasteiger charge is 2.22. The van der Waals surface area contributed by atoms with Crippen molar-refractivity contribution in [3.05, 3.63) is 39.3 Å². The molecule has 26 heavy (non-hydrogen) atoms. The summed E-state index contributed by atoms with van der Waals surface area (Å²) < 4.78 is 5.23. The van der Waals surface area contributed by atoms with E-state index in [1.54, 1.807) is 27.7 Å². The molecule has 7 nitrogen and oxygen atoms in total. The maximum Gasteiger partial charge on any atom is 0.348 e. The fraction of sp³-hybridized carbons (Fsp3) is 0.500. The van der Waals surface area contributed by atoms with E-state index in [9.17, 15) is 14.7 Å². The van der Waals surface area contributed by atoms with Crippen molar-refractivity contribution < 1.29 is 14.6 Å². The van der Waals surface area contributed by atoms with Crippen molar-refractivity contribution in [2.24, 2.45) is 0 Å². The van der Waals surface area contributed by atoms with Gasteiger partial charge >= 0.3 is 5.97 Å². The van der Waals surface area contributed by atoms with Crippen LogP contribution in [0.25, 0.3) is 10.2 Å². The minimum atomic E-state index is -1.04. The van der Waals surface area contributed by atoms with Crippen molar-refractivity contribution in [3.63, 3.8) is 0 Å². The molecule has 0 bridgehead atoms. The highest BCUT2D eigenvalue weighted by molar-refractivity contribution is 7.20. The molecule has 0 aromatic carbocycles. The molecule has 0 aliphatic heterocycles. The third kappa shape index (κ3) is 4.57. The van der Waals surface area contributed by atoms with Crippen LogP contribution < -0.4 is 5.56 Å². The number of nitrogens with zero attached hydrogens (tertiary/aromatic N) is 2. The van der Waals surface area contributed by atoms with E-state index in [1.807, 2.05) is 11.9 Å². The molecular formula is C18H25N3O4S. The molecule has 2 aromatic rings. The zero-order chi connectivity index (χ0) is 19.6. The number of carbonyl (C=O) groups is 1. The van der Waals surface area contributed by atoms with Crippen molar-refractivity contribution in [2.75, 3.05) is 13.6 Å². The van der Waals surface area contributed by atoms with Gasteiger partial charge in [0.25, 0.3) is 5.56 Å². The number of fused-ring (bicyclic) bond motifs is 1. The first kappa shape index (κ1) is 20.3. The molecule has 8 heteroatoms. The lowest BCUT2D eigenvalue weighted by Crippen LogP contribution is -2.37. The van der Waals surface area contributed by atoms with E-state index in [0.29, 0.717) is 39.6 Å². The van der Waals surface area contributed by atoms with E-state index < -0.39 is 11.6 Å². The molecule has 0 radical (unpaired) electrons. The average Bonchev–Trinajstić information content (AvgIpc) is 2.83. The SMILES string of the molecule is C=CC(C)(O)CN(C)Cc1nc2sc(C(=O)OC(C)C)c(C)c2c(=O)[nH]1. The predicted molar refractivity (Wildman–Crippen MR) is 103 cm³/mol. The third-order valence-electron chi connectivity index (χ3n) is 3.83. The van der Waals surface area contributed by atoms with Gasteiger partial charge in [0.15, 0.2) is 0 Å². The summed E-state index contributed by atoms with van der Waals surface area (Å²) in [6.07, 6.45) is 1.23. The molecule has 0 spiro atoms. The minimum Gasteiger partial charge on any atom is -0.459 e. The molecule has 1 unspecified atom stereocenters. The van der Waals surface area contributed by atoms with Gasteiger partial charge in [0, 0.05) is 6.54 Å². The maximum atomic E-state index is 12.5. The zero-order valence-corrected chi connectivity index (χ0v) is 16.6. The number of likely N-dealkylation sites (N-methyl/N-ethyl adjacent to an activating group) is 1. The number of aromatic amines is 1. The molecule has 0 saturated heterocycles. The summed E-state index contributed by atoms with van der Waals surface area (Å²) in [6, 6.07) is 0. The number of rotatable bonds is 7. The molecule has 2 aromatic heterocycles. The Labute approximate surface area is 156 Å². The van der Waals surface area contributed by atoms with Crippen molar-refractivity contribution >= 4 is 27.5 Å². The molecule has 0 aliphatic rings. The summed E-state index contributed by atoms with van der Waals surface area (Å²) in [7, 11) is 1.81. The van der Waals surface area contributed by atoms with Crippen LogP contribution in [-0.2, 0) is 11.3 Å². The Morgan fingerprint density at radius 1 is 1.54 bits per heavy atom. The minimum absolute atomic E-state index is 0.236. The summed E-state index contributed by atoms with van der Waals surface area (Å²) in [5, 5.41) is 10.5. The van der Waals surface area contributed by atoms with Gasteiger partial charge in [-0.1, -0.05) is 6.08 Å². The smallest absolute Gasteiger partial charge is 0.348 e. The monoisotopic (exact) mass is 379 g/mol. The fourth-order valence-electron chi connectivity index (χ4n) is 2.65. The number of carbonyl (C=O) groups excluding carboxylic acids is 1. The number of aryl methyl sites for hydroxylation is 1. The molecule has 0 amide bonds. The Bertz CT molecular complexity index is 882. The first-order chi connectivity index (χ1) is 12.0. The Kier molecular flexibility index (Phi) is 6.00. The highest BCUT2D eigenvalue weighted by atomic mass is 32.1. The molecule has 2 rings (SSSR count). The molecule has 1 atom stereocenters. The van der Waals surface area contributed by atoms with Gasteiger partial charge in [-0.3, -0.25) is 9.69 Å². The van der Waals surface area contributed by atoms with Crippen LogP contribution in [0.2, 0.25) is 0 Å². The first-order valence-corrected chi connectivity index (χ1v) is 9.13. The largest absolute Gasteiger partial charge is 0.459 e. The molecule has 0 fully saturated rings. The molecule has 0 saturated carbocycles. The summed E-state index contributed by atoms with van der Waals surface area (Å²) in [5.41, 5.74) is -0.739. The molecule has 0 aliphatic carbocycles. The molecule has 2 heterocycles. The van der Waals surface area contributed by atoms with Crippen LogP contribution in [0.5, 0.6) is 0 Å². The van der Waals surface area contributed by atoms with E-state index in [2.05, 4.69) is 16.5 Å². The van der Waals surface area contributed by atoms with Gasteiger partial charge in [-0.25, -0.2) is 9.78 Å². The third-order valence-corrected chi connectivity index (χ3v) is 4.99. The molecule has 142 valence electrons. The van der Waals surface area contributed by atoms with Gasteiger partial charge in [0.2, 0.25) is 0 Å². The fourth-order valence-corrected chi connectivity index (χ4v) is 3.73. The number of nitrogens with one attached hydrogen (secondary N) is 1. The van der Waals surface area contributed by atoms with Gasteiger partial charge < -0.3 is 14.8 Å². The normalized spacial score (nSPS) is 14.0. The number of H-pyrrole nitrogens is 1. The van der Waals surface area contributed by atoms with Gasteiger partial charge in [-0.2, -0.15) is 0 Å². The van der Waals surface area contributed by atoms with Crippen molar-refractivity contribution in [3.8, 4) is 0 Å². The summed E-state index contributed by atoms with van der Waals surface area (Å²) >= 11 is 1.16. The van der Waals surface area contributed by atoms with Crippen molar-refractivity contribution in [2.45, 2.75) is 45.9 Å². The lowest BCUT2D eigenvalue weighted by Gasteiger charge is -2.25. The van der Waals surface area contributed by atoms with Crippen LogP contribution >= 0.6 is 11.3 Å². The van der Waals surface area contributed by atoms with E-state index in [0.717, 1.165) is 11.3 Å². The van der Waals surface area contributed by atoms with Crippen LogP contribution in [0.4, 0.5) is 0 Å². The quantitative estimate of drug-likeness (QED) is 0.566. The van der Waals surface area contributed by atoms with Gasteiger partial charge in [0.05, 0.1) is 23.6 Å². The average molecular weight is 379 g/mol. The van der Waals surface area contributed by atoms with E-state index >= 15 is 0 Å². The Morgan fingerprint density at radius 3 is 2.77 bits per heavy atom. The lowest BCUT2D eigenvalue weighted by molar-refractivity contribution is 0.0383. The van der Waals surface area contributed by atoms with Crippen LogP contribution in [0.1, 0.15) is 41.8 Å². The van der Waals surface area contributed by atoms with Crippen LogP contribution in [0, 0.1) is 6.92 Å². The lowest BCUT2D eigenvalue weighted by atomic mass is 10.1. The zero-order valence-electron chi connectivity index (χ0n) is 15.8. The van der Waals surface area contributed by atoms with Gasteiger partial charge in [-0.15, -0.1) is 17.9 Å². The second-order valence-corrected chi connectivity index (χ2v) is 7.94. The number of hydrogen-bond acceptors (Lipinski definition) is 7. The topological polar surface area (TPSA) is 95.5 Å². The predicted octanol–water partition coefficient (Wildman–Crippen LogP) is 2.23. The standard InChI is InChI=1S/C18H25N3O4S/c1-7-18(5,24)9-21(6)8-12-19-15(22)13-11(4)14(26-16(13)20-12)17(23)25-10(2)3/h7,10,24H,1,8-9H2,2-6H3,(H,19,20,22). The number of aromatic nitrogens is 2. The number of aliphatic hydroxyl groups is 1. The molecular weight excluding hydrogens is 354 g/mol. The second-order valence-electron chi connectivity index (χ2n) is 6.94. The van der Waals surface area contributed by atoms with Crippen LogP contribution in [-0.4, -0.2) is 51.2 Å². The number of esters is 1. The molecule has 2 N–H and O–H groups in total. The Morgan fingerprint density at radius 2 is 2.19 bits per heavy atom. The van der Waals surface area contributed by atoms with Gasteiger partial charge in [0.1, 0.15) is 15.5 Å². The van der Waals surface area contributed by atoms with Crippen LogP contribution in [0.3, 0.4) is 0 Å². The Balaban J connectivity index is 2.34. The second kappa shape index (κ2) is 7.69. The Hall–Kier alpha value is -2.03.